The molecular weight excluding hydrogens is 494 g/mol. The van der Waals surface area contributed by atoms with Gasteiger partial charge in [-0.15, -0.1) is 0 Å². The molecule has 38 heavy (non-hydrogen) atoms. The average molecular weight is 517 g/mol. The smallest absolute Gasteiger partial charge is 0.267 e. The van der Waals surface area contributed by atoms with E-state index in [0.717, 1.165) is 11.6 Å². The molecule has 5 aromatic rings. The molecule has 0 radical (unpaired) electrons. The van der Waals surface area contributed by atoms with Crippen LogP contribution in [0.4, 0.5) is 14.5 Å². The number of hydrogen-bond donors (Lipinski definition) is 3. The van der Waals surface area contributed by atoms with Gasteiger partial charge < -0.3 is 20.1 Å². The lowest BCUT2D eigenvalue weighted by molar-refractivity contribution is 0.102. The van der Waals surface area contributed by atoms with Gasteiger partial charge in [-0.05, 0) is 73.0 Å². The van der Waals surface area contributed by atoms with Crippen molar-refractivity contribution in [3.05, 3.63) is 112 Å². The third kappa shape index (κ3) is 5.02. The number of fused-ring (bicyclic) bond motifs is 1. The molecule has 0 atom stereocenters. The molecule has 2 aromatic carbocycles. The molecule has 0 aliphatic heterocycles. The predicted molar refractivity (Wildman–Crippen MR) is 138 cm³/mol. The molecule has 0 fully saturated rings. The maximum absolute atomic E-state index is 15.0. The van der Waals surface area contributed by atoms with E-state index in [-0.39, 0.29) is 23.6 Å². The Kier molecular flexibility index (Phi) is 6.96. The zero-order chi connectivity index (χ0) is 26.6. The average Bonchev–Trinajstić information content (AvgIpc) is 3.33. The topological polar surface area (TPSA) is 109 Å². The number of halogens is 2. The third-order valence-electron chi connectivity index (χ3n) is 5.93. The Bertz CT molecular complexity index is 1680. The number of aromatic amines is 1. The quantitative estimate of drug-likeness (QED) is 0.270. The Balaban J connectivity index is 1.36. The summed E-state index contributed by atoms with van der Waals surface area (Å²) in [5.41, 5.74) is 1.21. The molecule has 10 heteroatoms. The lowest BCUT2D eigenvalue weighted by Crippen LogP contribution is -2.27. The van der Waals surface area contributed by atoms with Gasteiger partial charge in [0, 0.05) is 42.6 Å². The van der Waals surface area contributed by atoms with E-state index in [4.69, 9.17) is 9.84 Å². The van der Waals surface area contributed by atoms with Crippen LogP contribution in [-0.4, -0.2) is 32.2 Å². The fraction of sp³-hybridized carbons (Fsp3) is 0.107. The van der Waals surface area contributed by atoms with Gasteiger partial charge in [0.05, 0.1) is 5.39 Å². The SMILES string of the molecule is O=C(Nc1ccc(Oc2ccnc3[nH]cc(CCCO)c23)c(F)c1)c1cccn(-c2ccc(F)cc2)c1=O. The number of ether oxygens (including phenoxy) is 1. The number of H-pyrrole nitrogens is 1. The van der Waals surface area contributed by atoms with Crippen LogP contribution in [0.25, 0.3) is 16.7 Å². The number of aliphatic hydroxyl groups excluding tert-OH is 1. The number of nitrogens with one attached hydrogen (secondary N) is 2. The van der Waals surface area contributed by atoms with Gasteiger partial charge in [-0.2, -0.15) is 0 Å². The number of nitrogens with zero attached hydrogens (tertiary/aromatic N) is 2. The zero-order valence-electron chi connectivity index (χ0n) is 19.9. The summed E-state index contributed by atoms with van der Waals surface area (Å²) in [6.07, 6.45) is 5.93. The first-order valence-electron chi connectivity index (χ1n) is 11.8. The van der Waals surface area contributed by atoms with E-state index >= 15 is 0 Å². The van der Waals surface area contributed by atoms with E-state index in [1.165, 1.54) is 65.5 Å². The Morgan fingerprint density at radius 1 is 1.08 bits per heavy atom. The Labute approximate surface area is 215 Å². The van der Waals surface area contributed by atoms with E-state index in [1.807, 2.05) is 0 Å². The van der Waals surface area contributed by atoms with Crippen LogP contribution in [0.15, 0.2) is 84.0 Å². The molecule has 0 unspecified atom stereocenters. The van der Waals surface area contributed by atoms with Gasteiger partial charge in [-0.1, -0.05) is 0 Å². The van der Waals surface area contributed by atoms with Crippen molar-refractivity contribution in [1.29, 1.82) is 0 Å². The first-order chi connectivity index (χ1) is 18.4. The number of aryl methyl sites for hydroxylation is 1. The van der Waals surface area contributed by atoms with E-state index < -0.39 is 23.1 Å². The minimum atomic E-state index is -0.726. The Morgan fingerprint density at radius 2 is 1.89 bits per heavy atom. The highest BCUT2D eigenvalue weighted by atomic mass is 19.1. The first-order valence-corrected chi connectivity index (χ1v) is 11.8. The maximum Gasteiger partial charge on any atom is 0.267 e. The van der Waals surface area contributed by atoms with Crippen molar-refractivity contribution in [1.82, 2.24) is 14.5 Å². The predicted octanol–water partition coefficient (Wildman–Crippen LogP) is 4.96. The molecule has 1 amide bonds. The van der Waals surface area contributed by atoms with Crippen LogP contribution in [0.1, 0.15) is 22.3 Å². The highest BCUT2D eigenvalue weighted by Crippen LogP contribution is 2.33. The summed E-state index contributed by atoms with van der Waals surface area (Å²) in [7, 11) is 0. The summed E-state index contributed by atoms with van der Waals surface area (Å²) < 4.78 is 35.3. The summed E-state index contributed by atoms with van der Waals surface area (Å²) in [6, 6.07) is 13.7. The van der Waals surface area contributed by atoms with Crippen LogP contribution in [0, 0.1) is 11.6 Å². The number of amides is 1. The molecule has 3 heterocycles. The van der Waals surface area contributed by atoms with Gasteiger partial charge in [-0.25, -0.2) is 13.8 Å². The number of hydrogen-bond acceptors (Lipinski definition) is 5. The number of carbonyl (C=O) groups is 1. The van der Waals surface area contributed by atoms with Gasteiger partial charge in [-0.3, -0.25) is 14.2 Å². The summed E-state index contributed by atoms with van der Waals surface area (Å²) >= 11 is 0. The normalized spacial score (nSPS) is 11.0. The fourth-order valence-corrected chi connectivity index (χ4v) is 4.09. The van der Waals surface area contributed by atoms with Crippen molar-refractivity contribution in [2.45, 2.75) is 12.8 Å². The molecule has 0 saturated carbocycles. The second-order valence-electron chi connectivity index (χ2n) is 8.45. The number of aliphatic hydroxyl groups is 1. The number of aromatic nitrogens is 3. The third-order valence-corrected chi connectivity index (χ3v) is 5.93. The minimum absolute atomic E-state index is 0.0357. The van der Waals surface area contributed by atoms with Crippen molar-refractivity contribution in [3.8, 4) is 17.2 Å². The second kappa shape index (κ2) is 10.7. The van der Waals surface area contributed by atoms with Crippen LogP contribution >= 0.6 is 0 Å². The number of benzene rings is 2. The number of pyridine rings is 2. The molecule has 3 N–H and O–H groups in total. The second-order valence-corrected chi connectivity index (χ2v) is 8.45. The molecule has 0 aliphatic rings. The summed E-state index contributed by atoms with van der Waals surface area (Å²) in [5, 5.41) is 12.4. The Morgan fingerprint density at radius 3 is 2.66 bits per heavy atom. The molecular formula is C28H22F2N4O4. The van der Waals surface area contributed by atoms with Crippen molar-refractivity contribution in [2.75, 3.05) is 11.9 Å². The van der Waals surface area contributed by atoms with E-state index in [0.29, 0.717) is 35.3 Å². The van der Waals surface area contributed by atoms with E-state index in [9.17, 15) is 18.4 Å². The summed E-state index contributed by atoms with van der Waals surface area (Å²) in [6.45, 7) is 0.0357. The maximum atomic E-state index is 15.0. The van der Waals surface area contributed by atoms with Gasteiger partial charge in [0.2, 0.25) is 0 Å². The first kappa shape index (κ1) is 24.8. The number of rotatable bonds is 8. The molecule has 5 rings (SSSR count). The van der Waals surface area contributed by atoms with Crippen molar-refractivity contribution in [3.63, 3.8) is 0 Å². The molecule has 0 bridgehead atoms. The van der Waals surface area contributed by atoms with Crippen molar-refractivity contribution in [2.24, 2.45) is 0 Å². The lowest BCUT2D eigenvalue weighted by atomic mass is 10.1. The largest absolute Gasteiger partial charge is 0.453 e. The van der Waals surface area contributed by atoms with E-state index in [1.54, 1.807) is 12.3 Å². The molecule has 0 spiro atoms. The van der Waals surface area contributed by atoms with Crippen molar-refractivity contribution < 1.29 is 23.4 Å². The number of anilines is 1. The van der Waals surface area contributed by atoms with Crippen molar-refractivity contribution >= 4 is 22.6 Å². The van der Waals surface area contributed by atoms with Gasteiger partial charge in [0.1, 0.15) is 22.8 Å². The summed E-state index contributed by atoms with van der Waals surface area (Å²) in [4.78, 5) is 33.0. The van der Waals surface area contributed by atoms with Crippen LogP contribution in [0.5, 0.6) is 11.5 Å². The molecule has 8 nitrogen and oxygen atoms in total. The minimum Gasteiger partial charge on any atom is -0.453 e. The highest BCUT2D eigenvalue weighted by molar-refractivity contribution is 6.04. The number of carbonyl (C=O) groups excluding carboxylic acids is 1. The van der Waals surface area contributed by atoms with Gasteiger partial charge in [0.25, 0.3) is 11.5 Å². The van der Waals surface area contributed by atoms with Crippen LogP contribution in [0.3, 0.4) is 0 Å². The molecule has 3 aromatic heterocycles. The lowest BCUT2D eigenvalue weighted by Gasteiger charge is -2.12. The van der Waals surface area contributed by atoms with E-state index in [2.05, 4.69) is 15.3 Å². The van der Waals surface area contributed by atoms with Crippen LogP contribution in [0.2, 0.25) is 0 Å². The molecule has 192 valence electrons. The summed E-state index contributed by atoms with van der Waals surface area (Å²) in [5.74, 6) is -1.57. The fourth-order valence-electron chi connectivity index (χ4n) is 4.09. The van der Waals surface area contributed by atoms with Gasteiger partial charge >= 0.3 is 0 Å². The van der Waals surface area contributed by atoms with Crippen LogP contribution in [-0.2, 0) is 6.42 Å². The van der Waals surface area contributed by atoms with Gasteiger partial charge in [0.15, 0.2) is 11.6 Å². The van der Waals surface area contributed by atoms with Crippen LogP contribution < -0.4 is 15.6 Å². The molecule has 0 saturated heterocycles. The zero-order valence-corrected chi connectivity index (χ0v) is 19.9. The molecule has 0 aliphatic carbocycles. The Hall–Kier alpha value is -4.83. The highest BCUT2D eigenvalue weighted by Gasteiger charge is 2.16. The monoisotopic (exact) mass is 516 g/mol. The standard InChI is InChI=1S/C28H22F2N4O4/c29-18-5-8-20(9-6-18)34-13-1-4-21(28(34)37)27(36)33-19-7-10-23(22(30)15-19)38-24-11-12-31-26-25(24)17(16-32-26)3-2-14-35/h1,4-13,15-16,35H,2-3,14H2,(H,31,32)(H,33,36).